The van der Waals surface area contributed by atoms with E-state index in [2.05, 4.69) is 4.98 Å². The van der Waals surface area contributed by atoms with Crippen molar-refractivity contribution < 1.29 is 9.53 Å². The second-order valence-corrected chi connectivity index (χ2v) is 6.72. The number of nitrogens with zero attached hydrogens (tertiary/aromatic N) is 3. The second kappa shape index (κ2) is 5.86. The molecule has 1 atom stereocenters. The van der Waals surface area contributed by atoms with E-state index >= 15 is 0 Å². The minimum Gasteiger partial charge on any atom is -0.461 e. The van der Waals surface area contributed by atoms with Crippen LogP contribution >= 0.6 is 11.6 Å². The molecule has 2 aromatic heterocycles. The molecule has 0 radical (unpaired) electrons. The van der Waals surface area contributed by atoms with Crippen molar-refractivity contribution in [3.8, 4) is 11.3 Å². The van der Waals surface area contributed by atoms with Crippen LogP contribution in [0.4, 0.5) is 0 Å². The Hall–Kier alpha value is -1.92. The highest BCUT2D eigenvalue weighted by Crippen LogP contribution is 2.41. The van der Waals surface area contributed by atoms with E-state index in [-0.39, 0.29) is 12.1 Å². The average molecular weight is 347 g/mol. The van der Waals surface area contributed by atoms with Gasteiger partial charge in [-0.15, -0.1) is 0 Å². The highest BCUT2D eigenvalue weighted by Gasteiger charge is 2.36. The van der Waals surface area contributed by atoms with Crippen LogP contribution in [0.1, 0.15) is 47.5 Å². The SMILES string of the molecule is CCOC(=O)c1c2c(nn1C(N)C1CC1)-c1cc(Cl)ncc1CC2. The maximum atomic E-state index is 12.5. The largest absolute Gasteiger partial charge is 0.461 e. The van der Waals surface area contributed by atoms with E-state index in [0.717, 1.165) is 48.1 Å². The number of ether oxygens (including phenoxy) is 1. The maximum absolute atomic E-state index is 12.5. The zero-order chi connectivity index (χ0) is 16.8. The molecule has 0 spiro atoms. The Morgan fingerprint density at radius 3 is 3.00 bits per heavy atom. The van der Waals surface area contributed by atoms with Gasteiger partial charge in [0.2, 0.25) is 0 Å². The standard InChI is InChI=1S/C17H19ClN4O2/c1-2-24-17(23)15-11-6-5-10-8-20-13(18)7-12(10)14(11)21-22(15)16(19)9-3-4-9/h7-9,16H,2-6,19H2,1H3. The molecule has 6 nitrogen and oxygen atoms in total. The van der Waals surface area contributed by atoms with E-state index in [1.807, 2.05) is 6.07 Å². The first-order valence-electron chi connectivity index (χ1n) is 8.29. The van der Waals surface area contributed by atoms with Gasteiger partial charge in [-0.25, -0.2) is 14.5 Å². The highest BCUT2D eigenvalue weighted by atomic mass is 35.5. The first-order valence-corrected chi connectivity index (χ1v) is 8.66. The Balaban J connectivity index is 1.88. The molecule has 2 N–H and O–H groups in total. The molecule has 0 saturated heterocycles. The molecule has 2 aliphatic rings. The van der Waals surface area contributed by atoms with E-state index < -0.39 is 0 Å². The third-order valence-electron chi connectivity index (χ3n) is 4.72. The van der Waals surface area contributed by atoms with Crippen LogP contribution in [0.25, 0.3) is 11.3 Å². The molecule has 0 amide bonds. The number of hydrogen-bond donors (Lipinski definition) is 1. The monoisotopic (exact) mass is 346 g/mol. The number of fused-ring (bicyclic) bond motifs is 3. The van der Waals surface area contributed by atoms with Crippen LogP contribution in [-0.4, -0.2) is 27.3 Å². The first kappa shape index (κ1) is 15.6. The lowest BCUT2D eigenvalue weighted by atomic mass is 9.90. The van der Waals surface area contributed by atoms with Gasteiger partial charge in [-0.1, -0.05) is 11.6 Å². The van der Waals surface area contributed by atoms with Crippen LogP contribution in [0.15, 0.2) is 12.3 Å². The summed E-state index contributed by atoms with van der Waals surface area (Å²) in [7, 11) is 0. The van der Waals surface area contributed by atoms with Gasteiger partial charge in [0.15, 0.2) is 5.69 Å². The lowest BCUT2D eigenvalue weighted by molar-refractivity contribution is 0.0506. The van der Waals surface area contributed by atoms with Crippen LogP contribution < -0.4 is 5.73 Å². The molecule has 0 bridgehead atoms. The quantitative estimate of drug-likeness (QED) is 0.679. The summed E-state index contributed by atoms with van der Waals surface area (Å²) in [6, 6.07) is 1.81. The van der Waals surface area contributed by atoms with Gasteiger partial charge in [0.05, 0.1) is 12.3 Å². The molecular formula is C17H19ClN4O2. The highest BCUT2D eigenvalue weighted by molar-refractivity contribution is 6.29. The van der Waals surface area contributed by atoms with E-state index in [1.54, 1.807) is 17.8 Å². The van der Waals surface area contributed by atoms with Crippen molar-refractivity contribution in [3.63, 3.8) is 0 Å². The fourth-order valence-electron chi connectivity index (χ4n) is 3.33. The molecule has 2 heterocycles. The number of hydrogen-bond acceptors (Lipinski definition) is 5. The summed E-state index contributed by atoms with van der Waals surface area (Å²) in [5.74, 6) is 0.0194. The Morgan fingerprint density at radius 2 is 2.29 bits per heavy atom. The molecule has 4 rings (SSSR count). The molecule has 2 aliphatic carbocycles. The summed E-state index contributed by atoms with van der Waals surface area (Å²) in [5, 5.41) is 5.12. The number of aromatic nitrogens is 3. The number of pyridine rings is 1. The van der Waals surface area contributed by atoms with Crippen molar-refractivity contribution in [3.05, 3.63) is 34.2 Å². The maximum Gasteiger partial charge on any atom is 0.356 e. The van der Waals surface area contributed by atoms with Crippen LogP contribution in [-0.2, 0) is 17.6 Å². The Kier molecular flexibility index (Phi) is 3.81. The Morgan fingerprint density at radius 1 is 1.50 bits per heavy atom. The number of esters is 1. The zero-order valence-corrected chi connectivity index (χ0v) is 14.2. The molecule has 1 fully saturated rings. The topological polar surface area (TPSA) is 83.0 Å². The van der Waals surface area contributed by atoms with Crippen LogP contribution in [0.5, 0.6) is 0 Å². The number of rotatable bonds is 4. The van der Waals surface area contributed by atoms with Gasteiger partial charge in [0.25, 0.3) is 0 Å². The minimum absolute atomic E-state index is 0.296. The van der Waals surface area contributed by atoms with Gasteiger partial charge in [-0.2, -0.15) is 5.10 Å². The molecule has 2 aromatic rings. The number of nitrogens with two attached hydrogens (primary N) is 1. The van der Waals surface area contributed by atoms with Gasteiger partial charge < -0.3 is 10.5 Å². The van der Waals surface area contributed by atoms with Crippen LogP contribution in [0.2, 0.25) is 5.15 Å². The van der Waals surface area contributed by atoms with Crippen molar-refractivity contribution in [2.75, 3.05) is 6.61 Å². The summed E-state index contributed by atoms with van der Waals surface area (Å²) >= 11 is 6.06. The third-order valence-corrected chi connectivity index (χ3v) is 4.92. The summed E-state index contributed by atoms with van der Waals surface area (Å²) in [4.78, 5) is 16.7. The first-order chi connectivity index (χ1) is 11.6. The van der Waals surface area contributed by atoms with Crippen molar-refractivity contribution >= 4 is 17.6 Å². The van der Waals surface area contributed by atoms with Gasteiger partial charge in [-0.05, 0) is 50.2 Å². The molecule has 126 valence electrons. The normalized spacial score (nSPS) is 17.1. The van der Waals surface area contributed by atoms with E-state index in [1.165, 1.54) is 0 Å². The van der Waals surface area contributed by atoms with Crippen LogP contribution in [0.3, 0.4) is 0 Å². The number of carbonyl (C=O) groups excluding carboxylic acids is 1. The Bertz CT molecular complexity index is 813. The molecule has 0 aromatic carbocycles. The van der Waals surface area contributed by atoms with Crippen molar-refractivity contribution in [1.29, 1.82) is 0 Å². The number of carbonyl (C=O) groups is 1. The summed E-state index contributed by atoms with van der Waals surface area (Å²) in [5.41, 5.74) is 10.5. The molecule has 1 saturated carbocycles. The van der Waals surface area contributed by atoms with Crippen molar-refractivity contribution in [2.45, 2.75) is 38.8 Å². The smallest absolute Gasteiger partial charge is 0.356 e. The lowest BCUT2D eigenvalue weighted by Crippen LogP contribution is -2.26. The Labute approximate surface area is 145 Å². The fourth-order valence-corrected chi connectivity index (χ4v) is 3.49. The zero-order valence-electron chi connectivity index (χ0n) is 13.5. The number of halogens is 1. The molecule has 24 heavy (non-hydrogen) atoms. The van der Waals surface area contributed by atoms with E-state index in [0.29, 0.717) is 23.4 Å². The van der Waals surface area contributed by atoms with Crippen LogP contribution in [0, 0.1) is 5.92 Å². The lowest BCUT2D eigenvalue weighted by Gasteiger charge is -2.16. The molecule has 0 aliphatic heterocycles. The third kappa shape index (κ3) is 2.50. The van der Waals surface area contributed by atoms with Gasteiger partial charge in [-0.3, -0.25) is 0 Å². The summed E-state index contributed by atoms with van der Waals surface area (Å²) < 4.78 is 6.93. The predicted octanol–water partition coefficient (Wildman–Crippen LogP) is 2.74. The molecular weight excluding hydrogens is 328 g/mol. The summed E-state index contributed by atoms with van der Waals surface area (Å²) in [6.07, 6.45) is 5.14. The van der Waals surface area contributed by atoms with Gasteiger partial charge in [0.1, 0.15) is 11.3 Å². The van der Waals surface area contributed by atoms with Gasteiger partial charge in [0, 0.05) is 17.3 Å². The molecule has 1 unspecified atom stereocenters. The predicted molar refractivity (Wildman–Crippen MR) is 89.8 cm³/mol. The minimum atomic E-state index is -0.356. The summed E-state index contributed by atoms with van der Waals surface area (Å²) in [6.45, 7) is 2.12. The fraction of sp³-hybridized carbons (Fsp3) is 0.471. The van der Waals surface area contributed by atoms with Crippen molar-refractivity contribution in [1.82, 2.24) is 14.8 Å². The van der Waals surface area contributed by atoms with Crippen molar-refractivity contribution in [2.24, 2.45) is 11.7 Å². The van der Waals surface area contributed by atoms with Gasteiger partial charge >= 0.3 is 5.97 Å². The molecule has 7 heteroatoms. The number of aryl methyl sites for hydroxylation is 1. The van der Waals surface area contributed by atoms with E-state index in [4.69, 9.17) is 27.2 Å². The average Bonchev–Trinajstić information content (AvgIpc) is 3.33. The van der Waals surface area contributed by atoms with E-state index in [9.17, 15) is 4.79 Å². The second-order valence-electron chi connectivity index (χ2n) is 6.33.